The van der Waals surface area contributed by atoms with Gasteiger partial charge in [-0.3, -0.25) is 9.78 Å². The molecule has 126 valence electrons. The summed E-state index contributed by atoms with van der Waals surface area (Å²) >= 11 is 0. The van der Waals surface area contributed by atoms with Gasteiger partial charge < -0.3 is 25.6 Å². The van der Waals surface area contributed by atoms with Gasteiger partial charge in [-0.1, -0.05) is 12.1 Å². The number of hydrogen-bond donors (Lipinski definition) is 3. The van der Waals surface area contributed by atoms with Crippen molar-refractivity contribution in [1.29, 1.82) is 0 Å². The number of pyridine rings is 1. The molecule has 3 aromatic rings. The van der Waals surface area contributed by atoms with Gasteiger partial charge in [0.25, 0.3) is 5.91 Å². The van der Waals surface area contributed by atoms with Crippen molar-refractivity contribution in [2.24, 2.45) is 5.73 Å². The Kier molecular flexibility index (Phi) is 3.53. The van der Waals surface area contributed by atoms with Crippen LogP contribution in [0.25, 0.3) is 10.9 Å². The first-order valence-electron chi connectivity index (χ1n) is 7.66. The number of primary amides is 1. The van der Waals surface area contributed by atoms with Crippen molar-refractivity contribution in [2.75, 3.05) is 12.1 Å². The maximum Gasteiger partial charge on any atom is 0.253 e. The minimum Gasteiger partial charge on any atom is -0.507 e. The van der Waals surface area contributed by atoms with Gasteiger partial charge in [0.1, 0.15) is 5.75 Å². The number of aromatic nitrogens is 1. The molecular weight excluding hydrogens is 322 g/mol. The lowest BCUT2D eigenvalue weighted by Crippen LogP contribution is -2.12. The van der Waals surface area contributed by atoms with Crippen molar-refractivity contribution < 1.29 is 19.4 Å². The molecule has 1 amide bonds. The number of nitrogens with zero attached hydrogens (tertiary/aromatic N) is 1. The number of hydrogen-bond acceptors (Lipinski definition) is 6. The number of fused-ring (bicyclic) bond motifs is 2. The minimum atomic E-state index is -0.696. The molecule has 2 heterocycles. The summed E-state index contributed by atoms with van der Waals surface area (Å²) in [5.41, 5.74) is 7.59. The van der Waals surface area contributed by atoms with Crippen LogP contribution in [0.5, 0.6) is 17.2 Å². The van der Waals surface area contributed by atoms with Crippen LogP contribution in [0.15, 0.2) is 42.6 Å². The molecule has 0 fully saturated rings. The van der Waals surface area contributed by atoms with E-state index in [1.165, 1.54) is 6.07 Å². The molecule has 25 heavy (non-hydrogen) atoms. The van der Waals surface area contributed by atoms with Crippen molar-refractivity contribution >= 4 is 22.5 Å². The number of anilines is 1. The molecule has 0 saturated carbocycles. The second kappa shape index (κ2) is 5.86. The number of rotatable bonds is 4. The zero-order valence-electron chi connectivity index (χ0n) is 13.2. The van der Waals surface area contributed by atoms with Gasteiger partial charge in [0, 0.05) is 24.2 Å². The number of nitrogens with one attached hydrogen (secondary N) is 1. The monoisotopic (exact) mass is 337 g/mol. The van der Waals surface area contributed by atoms with Crippen molar-refractivity contribution in [3.05, 3.63) is 53.7 Å². The summed E-state index contributed by atoms with van der Waals surface area (Å²) < 4.78 is 10.7. The summed E-state index contributed by atoms with van der Waals surface area (Å²) in [5.74, 6) is 0.549. The molecule has 7 nitrogen and oxygen atoms in total. The highest BCUT2D eigenvalue weighted by Gasteiger charge is 2.17. The van der Waals surface area contributed by atoms with Crippen LogP contribution in [-0.2, 0) is 6.54 Å². The molecular formula is C18H15N3O4. The summed E-state index contributed by atoms with van der Waals surface area (Å²) in [4.78, 5) is 15.9. The van der Waals surface area contributed by atoms with E-state index in [2.05, 4.69) is 10.3 Å². The fourth-order valence-corrected chi connectivity index (χ4v) is 2.88. The average Bonchev–Trinajstić information content (AvgIpc) is 3.07. The third kappa shape index (κ3) is 2.65. The Morgan fingerprint density at radius 2 is 2.08 bits per heavy atom. The number of phenols is 1. The fourth-order valence-electron chi connectivity index (χ4n) is 2.88. The maximum absolute atomic E-state index is 11.6. The average molecular weight is 337 g/mol. The van der Waals surface area contributed by atoms with Crippen LogP contribution in [0.2, 0.25) is 0 Å². The van der Waals surface area contributed by atoms with Crippen LogP contribution >= 0.6 is 0 Å². The number of ether oxygens (including phenoxy) is 2. The molecule has 7 heteroatoms. The smallest absolute Gasteiger partial charge is 0.253 e. The lowest BCUT2D eigenvalue weighted by Gasteiger charge is -2.13. The summed E-state index contributed by atoms with van der Waals surface area (Å²) in [7, 11) is 0. The van der Waals surface area contributed by atoms with Crippen molar-refractivity contribution in [3.63, 3.8) is 0 Å². The van der Waals surface area contributed by atoms with Gasteiger partial charge in [-0.2, -0.15) is 0 Å². The summed E-state index contributed by atoms with van der Waals surface area (Å²) in [6, 6.07) is 10.5. The molecule has 4 rings (SSSR count). The largest absolute Gasteiger partial charge is 0.507 e. The van der Waals surface area contributed by atoms with Crippen LogP contribution in [0.3, 0.4) is 0 Å². The van der Waals surface area contributed by atoms with Gasteiger partial charge >= 0.3 is 0 Å². The predicted octanol–water partition coefficient (Wildman–Crippen LogP) is 2.38. The number of carbonyl (C=O) groups excluding carboxylic acids is 1. The maximum atomic E-state index is 11.6. The second-order valence-corrected chi connectivity index (χ2v) is 5.62. The van der Waals surface area contributed by atoms with E-state index < -0.39 is 5.91 Å². The molecule has 2 aromatic carbocycles. The Bertz CT molecular complexity index is 987. The van der Waals surface area contributed by atoms with E-state index in [0.717, 1.165) is 11.3 Å². The molecule has 4 N–H and O–H groups in total. The molecule has 0 saturated heterocycles. The van der Waals surface area contributed by atoms with E-state index in [1.54, 1.807) is 18.3 Å². The Balaban J connectivity index is 1.68. The third-order valence-corrected chi connectivity index (χ3v) is 4.04. The van der Waals surface area contributed by atoms with Crippen molar-refractivity contribution in [1.82, 2.24) is 4.98 Å². The second-order valence-electron chi connectivity index (χ2n) is 5.62. The summed E-state index contributed by atoms with van der Waals surface area (Å²) in [6.45, 7) is 0.709. The number of aromatic hydroxyl groups is 1. The summed E-state index contributed by atoms with van der Waals surface area (Å²) in [6.07, 6.45) is 1.62. The lowest BCUT2D eigenvalue weighted by atomic mass is 10.0. The van der Waals surface area contributed by atoms with Crippen LogP contribution in [0.1, 0.15) is 15.9 Å². The van der Waals surface area contributed by atoms with Crippen LogP contribution < -0.4 is 20.5 Å². The van der Waals surface area contributed by atoms with Gasteiger partial charge in [-0.05, 0) is 23.8 Å². The topological polar surface area (TPSA) is 107 Å². The van der Waals surface area contributed by atoms with Crippen molar-refractivity contribution in [2.45, 2.75) is 6.54 Å². The first-order chi connectivity index (χ1) is 12.1. The minimum absolute atomic E-state index is 0.0664. The molecule has 0 bridgehead atoms. The first-order valence-corrected chi connectivity index (χ1v) is 7.66. The van der Waals surface area contributed by atoms with E-state index in [4.69, 9.17) is 15.2 Å². The van der Waals surface area contributed by atoms with Crippen LogP contribution in [-0.4, -0.2) is 22.8 Å². The predicted molar refractivity (Wildman–Crippen MR) is 91.8 cm³/mol. The third-order valence-electron chi connectivity index (χ3n) is 4.04. The number of benzene rings is 2. The standard InChI is InChI=1S/C18H15N3O4/c19-18(23)16-11-2-1-5-20-17(11)12(7-13(16)22)21-8-10-3-4-14-15(6-10)25-9-24-14/h1-7,21-22H,8-9H2,(H2,19,23). The Morgan fingerprint density at radius 3 is 2.92 bits per heavy atom. The molecule has 0 radical (unpaired) electrons. The molecule has 0 unspecified atom stereocenters. The van der Waals surface area contributed by atoms with Gasteiger partial charge in [0.05, 0.1) is 16.8 Å². The van der Waals surface area contributed by atoms with E-state index in [9.17, 15) is 9.90 Å². The quantitative estimate of drug-likeness (QED) is 0.675. The van der Waals surface area contributed by atoms with Gasteiger partial charge in [-0.15, -0.1) is 0 Å². The number of amides is 1. The lowest BCUT2D eigenvalue weighted by molar-refractivity contribution is 0.0999. The zero-order valence-corrected chi connectivity index (χ0v) is 13.2. The Hall–Kier alpha value is -3.48. The van der Waals surface area contributed by atoms with E-state index in [1.807, 2.05) is 18.2 Å². The molecule has 0 spiro atoms. The highest BCUT2D eigenvalue weighted by atomic mass is 16.7. The highest BCUT2D eigenvalue weighted by Crippen LogP contribution is 2.34. The van der Waals surface area contributed by atoms with Crippen molar-refractivity contribution in [3.8, 4) is 17.2 Å². The molecule has 1 aromatic heterocycles. The van der Waals surface area contributed by atoms with Crippen LogP contribution in [0, 0.1) is 0 Å². The fraction of sp³-hybridized carbons (Fsp3) is 0.111. The molecule has 1 aliphatic rings. The highest BCUT2D eigenvalue weighted by molar-refractivity contribution is 6.10. The van der Waals surface area contributed by atoms with Gasteiger partial charge in [0.2, 0.25) is 6.79 Å². The Morgan fingerprint density at radius 1 is 1.24 bits per heavy atom. The number of nitrogens with two attached hydrogens (primary N) is 1. The van der Waals surface area contributed by atoms with Gasteiger partial charge in [-0.25, -0.2) is 0 Å². The van der Waals surface area contributed by atoms with E-state index in [0.29, 0.717) is 28.9 Å². The van der Waals surface area contributed by atoms with Gasteiger partial charge in [0.15, 0.2) is 11.5 Å². The van der Waals surface area contributed by atoms with E-state index in [-0.39, 0.29) is 18.1 Å². The Labute approximate surface area is 143 Å². The molecule has 0 atom stereocenters. The number of carbonyl (C=O) groups is 1. The molecule has 0 aliphatic carbocycles. The zero-order chi connectivity index (χ0) is 17.4. The van der Waals surface area contributed by atoms with Crippen LogP contribution in [0.4, 0.5) is 5.69 Å². The first kappa shape index (κ1) is 15.1. The molecule has 1 aliphatic heterocycles. The van der Waals surface area contributed by atoms with E-state index >= 15 is 0 Å². The normalized spacial score (nSPS) is 12.3. The summed E-state index contributed by atoms with van der Waals surface area (Å²) in [5, 5.41) is 13.9. The SMILES string of the molecule is NC(=O)c1c(O)cc(NCc2ccc3c(c2)OCO3)c2ncccc12.